The van der Waals surface area contributed by atoms with E-state index >= 15 is 0 Å². The van der Waals surface area contributed by atoms with Crippen LogP contribution in [0.3, 0.4) is 0 Å². The van der Waals surface area contributed by atoms with Gasteiger partial charge in [-0.15, -0.1) is 0 Å². The fourth-order valence-electron chi connectivity index (χ4n) is 1.84. The number of rotatable bonds is 6. The summed E-state index contributed by atoms with van der Waals surface area (Å²) in [5.41, 5.74) is -0.000272. The molecule has 0 saturated carbocycles. The van der Waals surface area contributed by atoms with Crippen LogP contribution in [0.1, 0.15) is 57.6 Å². The Morgan fingerprint density at radius 3 is 2.33 bits per heavy atom. The van der Waals surface area contributed by atoms with E-state index in [0.717, 1.165) is 0 Å². The van der Waals surface area contributed by atoms with Crippen LogP contribution >= 0.6 is 0 Å². The Labute approximate surface area is 126 Å². The molecular formula is C14H24N2O4S. The van der Waals surface area contributed by atoms with Crippen molar-refractivity contribution < 1.29 is 18.3 Å². The van der Waals surface area contributed by atoms with Gasteiger partial charge in [0.2, 0.25) is 10.0 Å². The van der Waals surface area contributed by atoms with Crippen LogP contribution in [-0.2, 0) is 10.0 Å². The minimum atomic E-state index is -3.69. The zero-order valence-electron chi connectivity index (χ0n) is 13.2. The van der Waals surface area contributed by atoms with Gasteiger partial charge in [-0.3, -0.25) is 0 Å². The standard InChI is InChI=1S/C14H24N2O4S/c1-10(2)16-9-11(8-12(16)13(17)18)21(19,20)15-7-6-14(3,4)5/h8-10,15H,6-7H2,1-5H3,(H,17,18). The van der Waals surface area contributed by atoms with Crippen molar-refractivity contribution in [3.05, 3.63) is 18.0 Å². The fourth-order valence-corrected chi connectivity index (χ4v) is 2.90. The summed E-state index contributed by atoms with van der Waals surface area (Å²) in [5.74, 6) is -1.14. The molecule has 0 aliphatic rings. The quantitative estimate of drug-likeness (QED) is 0.844. The highest BCUT2D eigenvalue weighted by Crippen LogP contribution is 2.20. The van der Waals surface area contributed by atoms with Crippen LogP contribution in [0.25, 0.3) is 0 Å². The Hall–Kier alpha value is -1.34. The first kappa shape index (κ1) is 17.7. The summed E-state index contributed by atoms with van der Waals surface area (Å²) in [6, 6.07) is 1.07. The predicted octanol–water partition coefficient (Wildman–Crippen LogP) is 2.48. The van der Waals surface area contributed by atoms with E-state index in [4.69, 9.17) is 5.11 Å². The van der Waals surface area contributed by atoms with Gasteiger partial charge in [0.25, 0.3) is 0 Å². The van der Waals surface area contributed by atoms with Gasteiger partial charge < -0.3 is 9.67 Å². The molecule has 0 spiro atoms. The fraction of sp³-hybridized carbons (Fsp3) is 0.643. The molecule has 0 atom stereocenters. The Kier molecular flexibility index (Phi) is 5.22. The number of carboxylic acid groups (broad SMARTS) is 1. The number of sulfonamides is 1. The highest BCUT2D eigenvalue weighted by molar-refractivity contribution is 7.89. The van der Waals surface area contributed by atoms with Crippen molar-refractivity contribution in [3.8, 4) is 0 Å². The SMILES string of the molecule is CC(C)n1cc(S(=O)(=O)NCCC(C)(C)C)cc1C(=O)O. The molecule has 7 heteroatoms. The first-order valence-corrected chi connectivity index (χ1v) is 8.37. The highest BCUT2D eigenvalue weighted by atomic mass is 32.2. The van der Waals surface area contributed by atoms with Crippen molar-refractivity contribution in [1.82, 2.24) is 9.29 Å². The number of aromatic carboxylic acids is 1. The van der Waals surface area contributed by atoms with Crippen LogP contribution in [0.2, 0.25) is 0 Å². The molecule has 1 aromatic rings. The summed E-state index contributed by atoms with van der Waals surface area (Å²) in [7, 11) is -3.69. The zero-order chi connectivity index (χ0) is 16.4. The molecule has 0 aromatic carbocycles. The third-order valence-corrected chi connectivity index (χ3v) is 4.50. The van der Waals surface area contributed by atoms with Crippen molar-refractivity contribution in [1.29, 1.82) is 0 Å². The minimum absolute atomic E-state index is 0.0116. The van der Waals surface area contributed by atoms with Crippen molar-refractivity contribution >= 4 is 16.0 Å². The molecule has 0 amide bonds. The van der Waals surface area contributed by atoms with E-state index in [-0.39, 0.29) is 22.0 Å². The third-order valence-electron chi connectivity index (χ3n) is 3.08. The van der Waals surface area contributed by atoms with Crippen molar-refractivity contribution in [2.24, 2.45) is 5.41 Å². The van der Waals surface area contributed by atoms with Crippen molar-refractivity contribution in [3.63, 3.8) is 0 Å². The van der Waals surface area contributed by atoms with E-state index < -0.39 is 16.0 Å². The lowest BCUT2D eigenvalue weighted by Crippen LogP contribution is -2.27. The second-order valence-corrected chi connectivity index (χ2v) is 8.34. The summed E-state index contributed by atoms with van der Waals surface area (Å²) in [6.07, 6.45) is 2.07. The largest absolute Gasteiger partial charge is 0.477 e. The molecule has 1 heterocycles. The van der Waals surface area contributed by atoms with Crippen LogP contribution in [-0.4, -0.2) is 30.6 Å². The minimum Gasteiger partial charge on any atom is -0.477 e. The van der Waals surface area contributed by atoms with Crippen LogP contribution in [0, 0.1) is 5.41 Å². The Balaban J connectivity index is 2.99. The highest BCUT2D eigenvalue weighted by Gasteiger charge is 2.22. The summed E-state index contributed by atoms with van der Waals surface area (Å²) in [5, 5.41) is 9.14. The molecule has 21 heavy (non-hydrogen) atoms. The predicted molar refractivity (Wildman–Crippen MR) is 81.0 cm³/mol. The Morgan fingerprint density at radius 1 is 1.38 bits per heavy atom. The summed E-state index contributed by atoms with van der Waals surface area (Å²) >= 11 is 0. The van der Waals surface area contributed by atoms with Gasteiger partial charge in [0.15, 0.2) is 0 Å². The summed E-state index contributed by atoms with van der Waals surface area (Å²) < 4.78 is 28.4. The monoisotopic (exact) mass is 316 g/mol. The normalized spacial score (nSPS) is 12.9. The van der Waals surface area contributed by atoms with Gasteiger partial charge >= 0.3 is 5.97 Å². The molecule has 0 bridgehead atoms. The zero-order valence-corrected chi connectivity index (χ0v) is 14.0. The molecule has 0 aliphatic carbocycles. The number of hydrogen-bond acceptors (Lipinski definition) is 3. The number of nitrogens with one attached hydrogen (secondary N) is 1. The average Bonchev–Trinajstić information content (AvgIpc) is 2.71. The molecule has 0 unspecified atom stereocenters. The molecule has 1 aromatic heterocycles. The topological polar surface area (TPSA) is 88.4 Å². The molecule has 2 N–H and O–H groups in total. The van der Waals surface area contributed by atoms with E-state index in [9.17, 15) is 13.2 Å². The van der Waals surface area contributed by atoms with Gasteiger partial charge in [-0.05, 0) is 31.7 Å². The Bertz CT molecular complexity index is 609. The maximum Gasteiger partial charge on any atom is 0.352 e. The van der Waals surface area contributed by atoms with E-state index in [1.54, 1.807) is 13.8 Å². The summed E-state index contributed by atoms with van der Waals surface area (Å²) in [6.45, 7) is 10.0. The smallest absolute Gasteiger partial charge is 0.352 e. The van der Waals surface area contributed by atoms with Gasteiger partial charge in [0, 0.05) is 18.8 Å². The van der Waals surface area contributed by atoms with Crippen LogP contribution in [0.4, 0.5) is 0 Å². The summed E-state index contributed by atoms with van der Waals surface area (Å²) in [4.78, 5) is 11.2. The van der Waals surface area contributed by atoms with Gasteiger partial charge in [-0.1, -0.05) is 20.8 Å². The number of nitrogens with zero attached hydrogens (tertiary/aromatic N) is 1. The van der Waals surface area contributed by atoms with Crippen molar-refractivity contribution in [2.75, 3.05) is 6.54 Å². The van der Waals surface area contributed by atoms with Gasteiger partial charge in [0.1, 0.15) is 10.6 Å². The second kappa shape index (κ2) is 6.19. The number of carboxylic acids is 1. The number of aromatic nitrogens is 1. The molecule has 1 rings (SSSR count). The first-order chi connectivity index (χ1) is 9.44. The van der Waals surface area contributed by atoms with Gasteiger partial charge in [-0.25, -0.2) is 17.9 Å². The first-order valence-electron chi connectivity index (χ1n) is 6.89. The van der Waals surface area contributed by atoms with Crippen molar-refractivity contribution in [2.45, 2.75) is 52.0 Å². The molecule has 120 valence electrons. The molecule has 0 fully saturated rings. The lowest BCUT2D eigenvalue weighted by molar-refractivity contribution is 0.0683. The van der Waals surface area contributed by atoms with Crippen LogP contribution < -0.4 is 4.72 Å². The van der Waals surface area contributed by atoms with Gasteiger partial charge in [-0.2, -0.15) is 0 Å². The maximum atomic E-state index is 12.2. The second-order valence-electron chi connectivity index (χ2n) is 6.58. The van der Waals surface area contributed by atoms with Crippen LogP contribution in [0.5, 0.6) is 0 Å². The molecule has 0 aliphatic heterocycles. The van der Waals surface area contributed by atoms with Crippen LogP contribution in [0.15, 0.2) is 17.2 Å². The maximum absolute atomic E-state index is 12.2. The van der Waals surface area contributed by atoms with Gasteiger partial charge in [0.05, 0.1) is 0 Å². The van der Waals surface area contributed by atoms with E-state index in [0.29, 0.717) is 13.0 Å². The Morgan fingerprint density at radius 2 is 1.95 bits per heavy atom. The molecule has 0 saturated heterocycles. The third kappa shape index (κ3) is 4.86. The number of carbonyl (C=O) groups is 1. The number of hydrogen-bond donors (Lipinski definition) is 2. The molecule has 0 radical (unpaired) electrons. The molecular weight excluding hydrogens is 292 g/mol. The lowest BCUT2D eigenvalue weighted by Gasteiger charge is -2.17. The molecule has 6 nitrogen and oxygen atoms in total. The van der Waals surface area contributed by atoms with E-state index in [2.05, 4.69) is 4.72 Å². The lowest BCUT2D eigenvalue weighted by atomic mass is 9.93. The van der Waals surface area contributed by atoms with E-state index in [1.807, 2.05) is 20.8 Å². The average molecular weight is 316 g/mol. The van der Waals surface area contributed by atoms with E-state index in [1.165, 1.54) is 16.8 Å².